The number of aryl methyl sites for hydroxylation is 2. The first kappa shape index (κ1) is 19.7. The highest BCUT2D eigenvalue weighted by atomic mass is 32.2. The Balaban J connectivity index is 2.24. The van der Waals surface area contributed by atoms with Gasteiger partial charge in [-0.3, -0.25) is 13.9 Å². The van der Waals surface area contributed by atoms with E-state index in [-0.39, 0.29) is 12.3 Å². The van der Waals surface area contributed by atoms with Gasteiger partial charge in [0.1, 0.15) is 6.54 Å². The summed E-state index contributed by atoms with van der Waals surface area (Å²) in [6, 6.07) is 11.8. The average Bonchev–Trinajstić information content (AvgIpc) is 2.55. The van der Waals surface area contributed by atoms with Gasteiger partial charge in [-0.15, -0.1) is 0 Å². The number of anilines is 2. The zero-order chi connectivity index (χ0) is 19.5. The van der Waals surface area contributed by atoms with Crippen LogP contribution in [0.25, 0.3) is 0 Å². The highest BCUT2D eigenvalue weighted by molar-refractivity contribution is 7.92. The number of hydrogen-bond acceptors (Lipinski definition) is 4. The second-order valence-electron chi connectivity index (χ2n) is 6.24. The number of carbonyl (C=O) groups is 2. The van der Waals surface area contributed by atoms with Crippen molar-refractivity contribution in [3.8, 4) is 0 Å². The van der Waals surface area contributed by atoms with Crippen molar-refractivity contribution in [2.45, 2.75) is 20.8 Å². The fraction of sp³-hybridized carbons (Fsp3) is 0.263. The molecule has 2 aromatic carbocycles. The lowest BCUT2D eigenvalue weighted by atomic mass is 10.1. The maximum Gasteiger partial charge on any atom is 0.245 e. The van der Waals surface area contributed by atoms with E-state index in [9.17, 15) is 18.0 Å². The number of carbonyl (C=O) groups excluding carboxylic acids is 2. The summed E-state index contributed by atoms with van der Waals surface area (Å²) in [7, 11) is -3.67. The number of benzene rings is 2. The topological polar surface area (TPSA) is 83.6 Å². The molecule has 0 radical (unpaired) electrons. The molecular weight excluding hydrogens is 352 g/mol. The molecule has 26 heavy (non-hydrogen) atoms. The van der Waals surface area contributed by atoms with Crippen LogP contribution in [0, 0.1) is 13.8 Å². The lowest BCUT2D eigenvalue weighted by Crippen LogP contribution is -2.37. The van der Waals surface area contributed by atoms with Gasteiger partial charge in [-0.2, -0.15) is 0 Å². The summed E-state index contributed by atoms with van der Waals surface area (Å²) in [6.07, 6.45) is 1.04. The normalized spacial score (nSPS) is 11.1. The van der Waals surface area contributed by atoms with Gasteiger partial charge < -0.3 is 5.32 Å². The van der Waals surface area contributed by atoms with Crippen molar-refractivity contribution in [3.05, 3.63) is 59.2 Å². The molecule has 0 fully saturated rings. The first-order valence-corrected chi connectivity index (χ1v) is 9.88. The smallest absolute Gasteiger partial charge is 0.245 e. The number of Topliss-reactive ketones (excluding diaryl/α,β-unsaturated/α-hetero) is 1. The van der Waals surface area contributed by atoms with Crippen LogP contribution >= 0.6 is 0 Å². The number of hydrogen-bond donors (Lipinski definition) is 1. The molecule has 0 unspecified atom stereocenters. The molecule has 1 amide bonds. The Labute approximate surface area is 153 Å². The average molecular weight is 374 g/mol. The van der Waals surface area contributed by atoms with E-state index in [4.69, 9.17) is 0 Å². The molecule has 0 heterocycles. The van der Waals surface area contributed by atoms with E-state index in [1.54, 1.807) is 12.1 Å². The Morgan fingerprint density at radius 2 is 1.65 bits per heavy atom. The fourth-order valence-corrected chi connectivity index (χ4v) is 3.31. The summed E-state index contributed by atoms with van der Waals surface area (Å²) in [4.78, 5) is 23.8. The Morgan fingerprint density at radius 1 is 1.04 bits per heavy atom. The lowest BCUT2D eigenvalue weighted by molar-refractivity contribution is -0.114. The summed E-state index contributed by atoms with van der Waals surface area (Å²) in [5.41, 5.74) is 3.33. The van der Waals surface area contributed by atoms with Gasteiger partial charge in [0.25, 0.3) is 0 Å². The molecular formula is C19H22N2O4S. The number of sulfonamides is 1. The minimum absolute atomic E-state index is 0.116. The SMILES string of the molecule is CC(=O)c1ccc(N(CC(=O)Nc2cc(C)ccc2C)S(C)(=O)=O)cc1. The second-order valence-corrected chi connectivity index (χ2v) is 8.15. The summed E-state index contributed by atoms with van der Waals surface area (Å²) in [6.45, 7) is 4.85. The molecule has 2 aromatic rings. The van der Waals surface area contributed by atoms with Gasteiger partial charge in [0.05, 0.1) is 11.9 Å². The van der Waals surface area contributed by atoms with Crippen molar-refractivity contribution in [2.24, 2.45) is 0 Å². The van der Waals surface area contributed by atoms with E-state index in [1.165, 1.54) is 19.1 Å². The zero-order valence-corrected chi connectivity index (χ0v) is 16.1. The van der Waals surface area contributed by atoms with E-state index < -0.39 is 15.9 Å². The molecule has 2 rings (SSSR count). The van der Waals surface area contributed by atoms with Crippen molar-refractivity contribution in [1.82, 2.24) is 0 Å². The van der Waals surface area contributed by atoms with Crippen LogP contribution in [-0.2, 0) is 14.8 Å². The number of nitrogens with one attached hydrogen (secondary N) is 1. The van der Waals surface area contributed by atoms with Gasteiger partial charge in [0.2, 0.25) is 15.9 Å². The molecule has 1 N–H and O–H groups in total. The lowest BCUT2D eigenvalue weighted by Gasteiger charge is -2.22. The van der Waals surface area contributed by atoms with Crippen molar-refractivity contribution in [3.63, 3.8) is 0 Å². The van der Waals surface area contributed by atoms with Crippen molar-refractivity contribution in [2.75, 3.05) is 22.4 Å². The first-order valence-electron chi connectivity index (χ1n) is 8.04. The van der Waals surface area contributed by atoms with Crippen LogP contribution in [-0.4, -0.2) is 32.9 Å². The highest BCUT2D eigenvalue weighted by Crippen LogP contribution is 2.20. The van der Waals surface area contributed by atoms with Crippen molar-refractivity contribution < 1.29 is 18.0 Å². The quantitative estimate of drug-likeness (QED) is 0.788. The number of rotatable bonds is 6. The summed E-state index contributed by atoms with van der Waals surface area (Å²) >= 11 is 0. The monoisotopic (exact) mass is 374 g/mol. The number of amides is 1. The van der Waals surface area contributed by atoms with Crippen molar-refractivity contribution >= 4 is 33.1 Å². The van der Waals surface area contributed by atoms with E-state index in [0.717, 1.165) is 21.7 Å². The van der Waals surface area contributed by atoms with E-state index >= 15 is 0 Å². The van der Waals surface area contributed by atoms with Gasteiger partial charge in [-0.1, -0.05) is 12.1 Å². The van der Waals surface area contributed by atoms with E-state index in [0.29, 0.717) is 16.9 Å². The highest BCUT2D eigenvalue weighted by Gasteiger charge is 2.21. The Hall–Kier alpha value is -2.67. The number of ketones is 1. The maximum absolute atomic E-state index is 12.4. The molecule has 0 saturated carbocycles. The van der Waals surface area contributed by atoms with E-state index in [2.05, 4.69) is 5.32 Å². The third-order valence-electron chi connectivity index (χ3n) is 3.92. The maximum atomic E-state index is 12.4. The molecule has 138 valence electrons. The van der Waals surface area contributed by atoms with Gasteiger partial charge in [0, 0.05) is 11.3 Å². The molecule has 0 aliphatic carbocycles. The van der Waals surface area contributed by atoms with Crippen LogP contribution in [0.1, 0.15) is 28.4 Å². The molecule has 0 aliphatic heterocycles. The standard InChI is InChI=1S/C19H22N2O4S/c1-13-5-6-14(2)18(11-13)20-19(23)12-21(26(4,24)25)17-9-7-16(8-10-17)15(3)22/h5-11H,12H2,1-4H3,(H,20,23). The van der Waals surface area contributed by atoms with Crippen LogP contribution in [0.3, 0.4) is 0 Å². The first-order chi connectivity index (χ1) is 12.1. The predicted molar refractivity (Wildman–Crippen MR) is 103 cm³/mol. The number of nitrogens with zero attached hydrogens (tertiary/aromatic N) is 1. The van der Waals surface area contributed by atoms with Gasteiger partial charge in [-0.05, 0) is 62.2 Å². The molecule has 0 saturated heterocycles. The Morgan fingerprint density at radius 3 is 2.19 bits per heavy atom. The molecule has 0 bridgehead atoms. The van der Waals surface area contributed by atoms with Crippen LogP contribution < -0.4 is 9.62 Å². The molecule has 0 atom stereocenters. The Kier molecular flexibility index (Phi) is 5.82. The third kappa shape index (κ3) is 4.92. The predicted octanol–water partition coefficient (Wildman–Crippen LogP) is 2.91. The molecule has 6 nitrogen and oxygen atoms in total. The second kappa shape index (κ2) is 7.70. The minimum atomic E-state index is -3.67. The summed E-state index contributed by atoms with van der Waals surface area (Å²) < 4.78 is 25.3. The van der Waals surface area contributed by atoms with Gasteiger partial charge >= 0.3 is 0 Å². The van der Waals surface area contributed by atoms with Crippen LogP contribution in [0.15, 0.2) is 42.5 Å². The summed E-state index contributed by atoms with van der Waals surface area (Å²) in [5.74, 6) is -0.560. The van der Waals surface area contributed by atoms with Crippen molar-refractivity contribution in [1.29, 1.82) is 0 Å². The molecule has 0 spiro atoms. The van der Waals surface area contributed by atoms with Gasteiger partial charge in [0.15, 0.2) is 5.78 Å². The van der Waals surface area contributed by atoms with Crippen LogP contribution in [0.5, 0.6) is 0 Å². The zero-order valence-electron chi connectivity index (χ0n) is 15.2. The molecule has 0 aromatic heterocycles. The van der Waals surface area contributed by atoms with Crippen LogP contribution in [0.4, 0.5) is 11.4 Å². The molecule has 7 heteroatoms. The Bertz CT molecular complexity index is 935. The third-order valence-corrected chi connectivity index (χ3v) is 5.06. The fourth-order valence-electron chi connectivity index (χ4n) is 2.45. The van der Waals surface area contributed by atoms with Gasteiger partial charge in [-0.25, -0.2) is 8.42 Å². The van der Waals surface area contributed by atoms with Crippen LogP contribution in [0.2, 0.25) is 0 Å². The van der Waals surface area contributed by atoms with E-state index in [1.807, 2.05) is 32.0 Å². The molecule has 0 aliphatic rings. The summed E-state index contributed by atoms with van der Waals surface area (Å²) in [5, 5.41) is 2.75. The minimum Gasteiger partial charge on any atom is -0.324 e. The largest absolute Gasteiger partial charge is 0.324 e.